The molecule has 3 unspecified atom stereocenters. The molecule has 1 aromatic rings. The Hall–Kier alpha value is -0.640. The van der Waals surface area contributed by atoms with Crippen molar-refractivity contribution < 1.29 is 9.13 Å². The predicted molar refractivity (Wildman–Crippen MR) is 69.1 cm³/mol. The fourth-order valence-corrected chi connectivity index (χ4v) is 3.62. The fourth-order valence-electron chi connectivity index (χ4n) is 3.43. The first kappa shape index (κ1) is 12.4. The molecule has 2 fully saturated rings. The Balaban J connectivity index is 1.88. The van der Waals surface area contributed by atoms with E-state index in [1.54, 1.807) is 6.07 Å². The zero-order chi connectivity index (χ0) is 12.8. The molecule has 0 radical (unpaired) electrons. The summed E-state index contributed by atoms with van der Waals surface area (Å²) in [6.07, 6.45) is 4.43. The van der Waals surface area contributed by atoms with Crippen molar-refractivity contribution in [2.45, 2.75) is 37.9 Å². The highest BCUT2D eigenvalue weighted by molar-refractivity contribution is 6.31. The van der Waals surface area contributed by atoms with Crippen LogP contribution >= 0.6 is 11.6 Å². The van der Waals surface area contributed by atoms with Crippen LogP contribution in [-0.4, -0.2) is 18.8 Å². The summed E-state index contributed by atoms with van der Waals surface area (Å²) in [5.41, 5.74) is 6.76. The van der Waals surface area contributed by atoms with Gasteiger partial charge in [-0.3, -0.25) is 0 Å². The SMILES string of the molecule is NCC1(Cc2cccc(F)c2Cl)CC2CCC1O2. The number of fused-ring (bicyclic) bond motifs is 2. The molecule has 2 heterocycles. The number of halogens is 2. The summed E-state index contributed by atoms with van der Waals surface area (Å²) in [5.74, 6) is -0.356. The van der Waals surface area contributed by atoms with Crippen LogP contribution in [0, 0.1) is 11.2 Å². The van der Waals surface area contributed by atoms with E-state index < -0.39 is 0 Å². The molecule has 0 aliphatic carbocycles. The van der Waals surface area contributed by atoms with Gasteiger partial charge in [0.25, 0.3) is 0 Å². The molecule has 98 valence electrons. The molecule has 1 aromatic carbocycles. The van der Waals surface area contributed by atoms with E-state index in [-0.39, 0.29) is 22.4 Å². The van der Waals surface area contributed by atoms with Gasteiger partial charge in [0.05, 0.1) is 17.2 Å². The first-order valence-corrected chi connectivity index (χ1v) is 6.81. The third-order valence-corrected chi connectivity index (χ3v) is 4.83. The lowest BCUT2D eigenvalue weighted by Gasteiger charge is -2.34. The van der Waals surface area contributed by atoms with Gasteiger partial charge in [-0.25, -0.2) is 4.39 Å². The van der Waals surface area contributed by atoms with Crippen LogP contribution in [-0.2, 0) is 11.2 Å². The van der Waals surface area contributed by atoms with Gasteiger partial charge in [0.15, 0.2) is 0 Å². The lowest BCUT2D eigenvalue weighted by Crippen LogP contribution is -2.41. The van der Waals surface area contributed by atoms with E-state index in [9.17, 15) is 4.39 Å². The number of ether oxygens (including phenoxy) is 1. The van der Waals surface area contributed by atoms with Gasteiger partial charge in [0.1, 0.15) is 5.82 Å². The summed E-state index contributed by atoms with van der Waals surface area (Å²) in [5, 5.41) is 0.230. The molecule has 2 nitrogen and oxygen atoms in total. The fraction of sp³-hybridized carbons (Fsp3) is 0.571. The van der Waals surface area contributed by atoms with E-state index in [2.05, 4.69) is 0 Å². The largest absolute Gasteiger partial charge is 0.374 e. The molecular formula is C14H17ClFNO. The minimum Gasteiger partial charge on any atom is -0.374 e. The molecular weight excluding hydrogens is 253 g/mol. The number of benzene rings is 1. The summed E-state index contributed by atoms with van der Waals surface area (Å²) in [4.78, 5) is 0. The van der Waals surface area contributed by atoms with Crippen molar-refractivity contribution in [3.8, 4) is 0 Å². The molecule has 3 rings (SSSR count). The van der Waals surface area contributed by atoms with Crippen molar-refractivity contribution in [1.82, 2.24) is 0 Å². The summed E-state index contributed by atoms with van der Waals surface area (Å²) >= 11 is 6.04. The number of rotatable bonds is 3. The minimum atomic E-state index is -0.356. The first-order chi connectivity index (χ1) is 8.64. The molecule has 0 spiro atoms. The van der Waals surface area contributed by atoms with Crippen LogP contribution in [0.4, 0.5) is 4.39 Å². The van der Waals surface area contributed by atoms with Crippen molar-refractivity contribution in [2.24, 2.45) is 11.1 Å². The molecule has 4 heteroatoms. The van der Waals surface area contributed by atoms with E-state index in [0.717, 1.165) is 24.8 Å². The van der Waals surface area contributed by atoms with Crippen molar-refractivity contribution in [2.75, 3.05) is 6.54 Å². The third kappa shape index (κ3) is 1.85. The molecule has 2 saturated heterocycles. The van der Waals surface area contributed by atoms with Gasteiger partial charge in [0.2, 0.25) is 0 Å². The Kier molecular flexibility index (Phi) is 3.08. The Labute approximate surface area is 111 Å². The highest BCUT2D eigenvalue weighted by Crippen LogP contribution is 2.49. The molecule has 3 atom stereocenters. The average molecular weight is 270 g/mol. The summed E-state index contributed by atoms with van der Waals surface area (Å²) in [6, 6.07) is 4.97. The van der Waals surface area contributed by atoms with E-state index in [1.165, 1.54) is 6.07 Å². The highest BCUT2D eigenvalue weighted by atomic mass is 35.5. The third-order valence-electron chi connectivity index (χ3n) is 4.41. The number of hydrogen-bond donors (Lipinski definition) is 1. The maximum Gasteiger partial charge on any atom is 0.142 e. The van der Waals surface area contributed by atoms with Crippen molar-refractivity contribution >= 4 is 11.6 Å². The van der Waals surface area contributed by atoms with Crippen molar-refractivity contribution in [1.29, 1.82) is 0 Å². The molecule has 0 aromatic heterocycles. The molecule has 2 aliphatic rings. The van der Waals surface area contributed by atoms with Crippen LogP contribution in [0.15, 0.2) is 18.2 Å². The first-order valence-electron chi connectivity index (χ1n) is 6.43. The van der Waals surface area contributed by atoms with Gasteiger partial charge < -0.3 is 10.5 Å². The smallest absolute Gasteiger partial charge is 0.142 e. The minimum absolute atomic E-state index is 0.0552. The monoisotopic (exact) mass is 269 g/mol. The molecule has 0 amide bonds. The van der Waals surface area contributed by atoms with Gasteiger partial charge in [0, 0.05) is 12.0 Å². The molecule has 2 N–H and O–H groups in total. The molecule has 2 bridgehead atoms. The second-order valence-electron chi connectivity index (χ2n) is 5.48. The summed E-state index contributed by atoms with van der Waals surface area (Å²) < 4.78 is 19.4. The normalized spacial score (nSPS) is 34.2. The van der Waals surface area contributed by atoms with Crippen LogP contribution in [0.2, 0.25) is 5.02 Å². The second-order valence-corrected chi connectivity index (χ2v) is 5.86. The van der Waals surface area contributed by atoms with Crippen LogP contribution in [0.1, 0.15) is 24.8 Å². The molecule has 18 heavy (non-hydrogen) atoms. The molecule has 0 saturated carbocycles. The number of hydrogen-bond acceptors (Lipinski definition) is 2. The standard InChI is InChI=1S/C14H17ClFNO/c15-13-9(2-1-3-11(13)16)6-14(8-17)7-10-4-5-12(14)18-10/h1-3,10,12H,4-8,17H2. The topological polar surface area (TPSA) is 35.2 Å². The molecule has 2 aliphatic heterocycles. The van der Waals surface area contributed by atoms with Crippen LogP contribution in [0.25, 0.3) is 0 Å². The zero-order valence-corrected chi connectivity index (χ0v) is 10.9. The van der Waals surface area contributed by atoms with Gasteiger partial charge in [-0.2, -0.15) is 0 Å². The Morgan fingerprint density at radius 1 is 1.44 bits per heavy atom. The maximum absolute atomic E-state index is 13.5. The van der Waals surface area contributed by atoms with E-state index in [0.29, 0.717) is 19.1 Å². The van der Waals surface area contributed by atoms with E-state index >= 15 is 0 Å². The average Bonchev–Trinajstić information content (AvgIpc) is 2.96. The van der Waals surface area contributed by atoms with Gasteiger partial charge in [-0.1, -0.05) is 23.7 Å². The van der Waals surface area contributed by atoms with Gasteiger partial charge >= 0.3 is 0 Å². The van der Waals surface area contributed by atoms with Crippen LogP contribution < -0.4 is 5.73 Å². The van der Waals surface area contributed by atoms with E-state index in [1.807, 2.05) is 6.07 Å². The Morgan fingerprint density at radius 3 is 2.89 bits per heavy atom. The lowest BCUT2D eigenvalue weighted by molar-refractivity contribution is 0.0636. The van der Waals surface area contributed by atoms with Crippen molar-refractivity contribution in [3.63, 3.8) is 0 Å². The van der Waals surface area contributed by atoms with E-state index in [4.69, 9.17) is 22.1 Å². The van der Waals surface area contributed by atoms with Crippen LogP contribution in [0.3, 0.4) is 0 Å². The maximum atomic E-state index is 13.5. The Bertz CT molecular complexity index is 467. The summed E-state index contributed by atoms with van der Waals surface area (Å²) in [7, 11) is 0. The lowest BCUT2D eigenvalue weighted by atomic mass is 9.70. The van der Waals surface area contributed by atoms with Gasteiger partial charge in [-0.05, 0) is 37.3 Å². The van der Waals surface area contributed by atoms with Crippen molar-refractivity contribution in [3.05, 3.63) is 34.6 Å². The number of nitrogens with two attached hydrogens (primary N) is 1. The quantitative estimate of drug-likeness (QED) is 0.916. The second kappa shape index (κ2) is 4.48. The zero-order valence-electron chi connectivity index (χ0n) is 10.2. The van der Waals surface area contributed by atoms with Gasteiger partial charge in [-0.15, -0.1) is 0 Å². The highest BCUT2D eigenvalue weighted by Gasteiger charge is 2.51. The summed E-state index contributed by atoms with van der Waals surface area (Å²) in [6.45, 7) is 0.570. The predicted octanol–water partition coefficient (Wildman–Crippen LogP) is 2.92. The van der Waals surface area contributed by atoms with Crippen LogP contribution in [0.5, 0.6) is 0 Å². The Morgan fingerprint density at radius 2 is 2.28 bits per heavy atom.